The van der Waals surface area contributed by atoms with E-state index in [4.69, 9.17) is 0 Å². The van der Waals surface area contributed by atoms with Gasteiger partial charge in [-0.1, -0.05) is 112 Å². The molecule has 0 aromatic heterocycles. The van der Waals surface area contributed by atoms with Gasteiger partial charge in [-0.2, -0.15) is 46.5 Å². The van der Waals surface area contributed by atoms with Crippen molar-refractivity contribution in [1.29, 1.82) is 0 Å². The molecule has 0 bridgehead atoms. The summed E-state index contributed by atoms with van der Waals surface area (Å²) < 4.78 is 1.42. The number of hydrogen-bond donors (Lipinski definition) is 0. The molecule has 0 fully saturated rings. The van der Waals surface area contributed by atoms with E-state index in [2.05, 4.69) is 185 Å². The monoisotopic (exact) mass is 766 g/mol. The topological polar surface area (TPSA) is 0 Å². The van der Waals surface area contributed by atoms with Crippen molar-refractivity contribution in [2.45, 2.75) is 105 Å². The molecule has 5 aromatic rings. The van der Waals surface area contributed by atoms with E-state index >= 15 is 0 Å². The third-order valence-corrected chi connectivity index (χ3v) is 10.3. The Morgan fingerprint density at radius 3 is 1.65 bits per heavy atom. The van der Waals surface area contributed by atoms with Gasteiger partial charge in [0.2, 0.25) is 0 Å². The van der Waals surface area contributed by atoms with Crippen molar-refractivity contribution in [1.82, 2.24) is 0 Å². The Morgan fingerprint density at radius 1 is 0.673 bits per heavy atom. The zero-order valence-electron chi connectivity index (χ0n) is 31.5. The van der Waals surface area contributed by atoms with Gasteiger partial charge in [0.15, 0.2) is 0 Å². The van der Waals surface area contributed by atoms with Crippen molar-refractivity contribution in [3.05, 3.63) is 159 Å². The van der Waals surface area contributed by atoms with Gasteiger partial charge in [-0.05, 0) is 28.4 Å². The first-order chi connectivity index (χ1) is 22.0. The van der Waals surface area contributed by atoms with E-state index in [0.29, 0.717) is 5.41 Å². The number of benzene rings is 4. The van der Waals surface area contributed by atoms with Crippen molar-refractivity contribution in [3.63, 3.8) is 0 Å². The van der Waals surface area contributed by atoms with E-state index < -0.39 is 0 Å². The molecule has 0 heterocycles. The van der Waals surface area contributed by atoms with E-state index in [1.54, 1.807) is 0 Å². The van der Waals surface area contributed by atoms with Gasteiger partial charge in [-0.25, -0.2) is 6.07 Å². The van der Waals surface area contributed by atoms with E-state index in [9.17, 15) is 0 Å². The molecular formula is C46H54Cl2Zr-2. The zero-order chi connectivity index (χ0) is 34.6. The number of fused-ring (bicyclic) bond motifs is 3. The van der Waals surface area contributed by atoms with E-state index in [-0.39, 0.29) is 35.6 Å². The minimum atomic E-state index is 0. The molecule has 5 aromatic carbocycles. The van der Waals surface area contributed by atoms with Crippen LogP contribution in [0.1, 0.15) is 119 Å². The van der Waals surface area contributed by atoms with Crippen LogP contribution in [0.5, 0.6) is 0 Å². The van der Waals surface area contributed by atoms with Crippen LogP contribution in [0.15, 0.2) is 103 Å². The number of aryl methyl sites for hydroxylation is 2. The van der Waals surface area contributed by atoms with Crippen LogP contribution < -0.4 is 24.8 Å². The SMILES string of the molecule is CC(C)(C)c1[c-]c2c(cc1)-c1ccc(C(C)(C)C)cc1C2.CCc1[cH-]c(C)cc1C(C)(C)C.[Cl-].[Cl-].[Zr+2]=[C](c1ccccc1)c1ccccc1. The van der Waals surface area contributed by atoms with E-state index in [1.807, 2.05) is 0 Å². The Morgan fingerprint density at radius 2 is 1.20 bits per heavy atom. The van der Waals surface area contributed by atoms with Crippen LogP contribution in [-0.2, 0) is 53.3 Å². The molecule has 258 valence electrons. The summed E-state index contributed by atoms with van der Waals surface area (Å²) in [5, 5.41) is 0. The first kappa shape index (κ1) is 42.7. The van der Waals surface area contributed by atoms with Gasteiger partial charge < -0.3 is 24.8 Å². The summed E-state index contributed by atoms with van der Waals surface area (Å²) >= 11 is 1.46. The van der Waals surface area contributed by atoms with Gasteiger partial charge >= 0.3 is 99.2 Å². The second-order valence-corrected chi connectivity index (χ2v) is 17.2. The van der Waals surface area contributed by atoms with E-state index in [0.717, 1.165) is 12.8 Å². The first-order valence-corrected chi connectivity index (χ1v) is 18.4. The first-order valence-electron chi connectivity index (χ1n) is 17.1. The van der Waals surface area contributed by atoms with Gasteiger partial charge in [0.05, 0.1) is 0 Å². The number of halogens is 2. The summed E-state index contributed by atoms with van der Waals surface area (Å²) in [4.78, 5) is 0. The fraction of sp³-hybridized carbons (Fsp3) is 0.348. The van der Waals surface area contributed by atoms with Crippen molar-refractivity contribution in [3.8, 4) is 11.1 Å². The minimum absolute atomic E-state index is 0. The summed E-state index contributed by atoms with van der Waals surface area (Å²) in [6, 6.07) is 40.9. The maximum absolute atomic E-state index is 3.67. The standard InChI is InChI=1S/C21H25.C13H10.C12H19.2ClH.Zr/c1-20(2,3)16-7-9-18-14(12-16)11-15-13-17(21(4,5)6)8-10-19(15)18;1-3-7-12(8-4-1)11-13-9-5-2-6-10-13;1-6-10-7-9(2)8-11(10)12(3,4)5;;;/h7-10,12H,11H2,1-6H3;1-10H;7-8H,6H2,1-5H3;2*1H;/q-1;;-1;;;+2/p-2. The van der Waals surface area contributed by atoms with Gasteiger partial charge in [0.25, 0.3) is 0 Å². The van der Waals surface area contributed by atoms with Crippen LogP contribution in [0.25, 0.3) is 11.1 Å². The third kappa shape index (κ3) is 11.3. The van der Waals surface area contributed by atoms with Crippen LogP contribution >= 0.6 is 0 Å². The van der Waals surface area contributed by atoms with Crippen LogP contribution in [0, 0.1) is 13.0 Å². The second kappa shape index (κ2) is 17.7. The molecule has 0 radical (unpaired) electrons. The summed E-state index contributed by atoms with van der Waals surface area (Å²) in [6.07, 6.45) is 2.18. The average Bonchev–Trinajstić information content (AvgIpc) is 3.60. The molecule has 1 aliphatic carbocycles. The molecule has 3 heteroatoms. The third-order valence-electron chi connectivity index (χ3n) is 8.90. The van der Waals surface area contributed by atoms with Crippen LogP contribution in [0.2, 0.25) is 0 Å². The molecule has 0 N–H and O–H groups in total. The Kier molecular flexibility index (Phi) is 15.4. The molecule has 0 saturated carbocycles. The van der Waals surface area contributed by atoms with Gasteiger partial charge in [-0.3, -0.25) is 0 Å². The van der Waals surface area contributed by atoms with Gasteiger partial charge in [-0.15, -0.1) is 11.1 Å². The molecule has 6 rings (SSSR count). The molecule has 0 saturated heterocycles. The zero-order valence-corrected chi connectivity index (χ0v) is 35.5. The number of hydrogen-bond acceptors (Lipinski definition) is 0. The molecule has 0 aliphatic heterocycles. The molecule has 49 heavy (non-hydrogen) atoms. The molecule has 0 spiro atoms. The molecule has 1 aliphatic rings. The van der Waals surface area contributed by atoms with Gasteiger partial charge in [0, 0.05) is 0 Å². The fourth-order valence-electron chi connectivity index (χ4n) is 6.11. The van der Waals surface area contributed by atoms with Crippen molar-refractivity contribution < 1.29 is 49.0 Å². The second-order valence-electron chi connectivity index (χ2n) is 16.0. The molecular weight excluding hydrogens is 715 g/mol. The Balaban J connectivity index is 0.000000262. The normalized spacial score (nSPS) is 11.8. The van der Waals surface area contributed by atoms with Crippen LogP contribution in [0.4, 0.5) is 0 Å². The van der Waals surface area contributed by atoms with Crippen LogP contribution in [0.3, 0.4) is 0 Å². The predicted molar refractivity (Wildman–Crippen MR) is 202 cm³/mol. The average molecular weight is 769 g/mol. The molecule has 0 unspecified atom stereocenters. The van der Waals surface area contributed by atoms with Gasteiger partial charge in [0.1, 0.15) is 0 Å². The number of rotatable bonds is 3. The summed E-state index contributed by atoms with van der Waals surface area (Å²) in [6.45, 7) is 24.8. The summed E-state index contributed by atoms with van der Waals surface area (Å²) in [5.74, 6) is 0. The Bertz CT molecular complexity index is 1690. The molecule has 0 atom stereocenters. The molecule has 0 nitrogen and oxygen atoms in total. The predicted octanol–water partition coefficient (Wildman–Crippen LogP) is 6.04. The van der Waals surface area contributed by atoms with Crippen LogP contribution in [-0.4, -0.2) is 3.21 Å². The quantitative estimate of drug-likeness (QED) is 0.193. The van der Waals surface area contributed by atoms with Crippen molar-refractivity contribution in [2.24, 2.45) is 0 Å². The fourth-order valence-corrected chi connectivity index (χ4v) is 6.93. The molecule has 0 amide bonds. The maximum atomic E-state index is 3.67. The van der Waals surface area contributed by atoms with Crippen molar-refractivity contribution in [2.75, 3.05) is 0 Å². The Hall–Kier alpha value is -2.44. The van der Waals surface area contributed by atoms with E-state index in [1.165, 1.54) is 88.6 Å². The Labute approximate surface area is 325 Å². The van der Waals surface area contributed by atoms with Crippen molar-refractivity contribution >= 4 is 3.21 Å². The summed E-state index contributed by atoms with van der Waals surface area (Å²) in [7, 11) is 0. The summed E-state index contributed by atoms with van der Waals surface area (Å²) in [5.41, 5.74) is 16.1.